The fourth-order valence-electron chi connectivity index (χ4n) is 1.50. The molecule has 1 aliphatic rings. The number of amides is 1. The van der Waals surface area contributed by atoms with Crippen LogP contribution in [0.5, 0.6) is 0 Å². The van der Waals surface area contributed by atoms with Crippen LogP contribution in [0.15, 0.2) is 0 Å². The fourth-order valence-corrected chi connectivity index (χ4v) is 1.71. The van der Waals surface area contributed by atoms with Crippen molar-refractivity contribution in [1.29, 1.82) is 0 Å². The molecule has 0 saturated heterocycles. The molecule has 14 heavy (non-hydrogen) atoms. The number of thiol groups is 1. The Kier molecular flexibility index (Phi) is 2.40. The summed E-state index contributed by atoms with van der Waals surface area (Å²) in [6, 6.07) is -0.396. The van der Waals surface area contributed by atoms with Crippen molar-refractivity contribution in [3.05, 3.63) is 5.82 Å². The highest BCUT2D eigenvalue weighted by Crippen LogP contribution is 2.39. The molecule has 1 heterocycles. The minimum atomic E-state index is -0.396. The molecule has 7 heteroatoms. The zero-order valence-corrected chi connectivity index (χ0v) is 8.39. The van der Waals surface area contributed by atoms with Crippen LogP contribution >= 0.6 is 12.6 Å². The SMILES string of the molecule is NC(=O)C(C1CC1)n1nnnc1CS. The molecule has 1 aromatic rings. The number of tetrazole rings is 1. The van der Waals surface area contributed by atoms with Crippen LogP contribution in [0.25, 0.3) is 0 Å². The summed E-state index contributed by atoms with van der Waals surface area (Å²) in [5, 5.41) is 11.1. The average molecular weight is 213 g/mol. The molecule has 1 saturated carbocycles. The van der Waals surface area contributed by atoms with Gasteiger partial charge < -0.3 is 5.73 Å². The van der Waals surface area contributed by atoms with E-state index in [0.717, 1.165) is 12.8 Å². The Morgan fingerprint density at radius 2 is 2.43 bits per heavy atom. The van der Waals surface area contributed by atoms with Gasteiger partial charge in [0.1, 0.15) is 6.04 Å². The molecule has 1 atom stereocenters. The lowest BCUT2D eigenvalue weighted by Crippen LogP contribution is -2.30. The summed E-state index contributed by atoms with van der Waals surface area (Å²) in [7, 11) is 0. The van der Waals surface area contributed by atoms with Gasteiger partial charge in [0.15, 0.2) is 5.82 Å². The van der Waals surface area contributed by atoms with Crippen molar-refractivity contribution >= 4 is 18.5 Å². The second-order valence-corrected chi connectivity index (χ2v) is 3.70. The van der Waals surface area contributed by atoms with E-state index in [0.29, 0.717) is 17.5 Å². The summed E-state index contributed by atoms with van der Waals surface area (Å²) in [5.41, 5.74) is 5.31. The molecular formula is C7H11N5OS. The zero-order valence-electron chi connectivity index (χ0n) is 7.50. The van der Waals surface area contributed by atoms with Gasteiger partial charge in [-0.05, 0) is 29.2 Å². The monoisotopic (exact) mass is 213 g/mol. The molecule has 1 unspecified atom stereocenters. The Morgan fingerprint density at radius 1 is 1.71 bits per heavy atom. The second kappa shape index (κ2) is 3.56. The molecule has 1 fully saturated rings. The Hall–Kier alpha value is -1.11. The van der Waals surface area contributed by atoms with Crippen LogP contribution in [0.3, 0.4) is 0 Å². The minimum absolute atomic E-state index is 0.301. The van der Waals surface area contributed by atoms with Gasteiger partial charge >= 0.3 is 0 Å². The third-order valence-electron chi connectivity index (χ3n) is 2.33. The van der Waals surface area contributed by atoms with Crippen molar-refractivity contribution in [2.75, 3.05) is 0 Å². The first-order valence-electron chi connectivity index (χ1n) is 4.41. The minimum Gasteiger partial charge on any atom is -0.368 e. The number of primary amides is 1. The van der Waals surface area contributed by atoms with Gasteiger partial charge in [-0.25, -0.2) is 4.68 Å². The standard InChI is InChI=1S/C7H11N5OS/c8-7(13)6(4-1-2-4)12-5(3-14)9-10-11-12/h4,6,14H,1-3H2,(H2,8,13). The van der Waals surface area contributed by atoms with E-state index in [-0.39, 0.29) is 5.91 Å². The molecule has 0 spiro atoms. The zero-order chi connectivity index (χ0) is 10.1. The summed E-state index contributed by atoms with van der Waals surface area (Å²) in [6.07, 6.45) is 2.03. The topological polar surface area (TPSA) is 86.7 Å². The molecule has 1 aliphatic carbocycles. The van der Waals surface area contributed by atoms with Gasteiger partial charge in [0, 0.05) is 0 Å². The Morgan fingerprint density at radius 3 is 2.93 bits per heavy atom. The lowest BCUT2D eigenvalue weighted by Gasteiger charge is -2.12. The van der Waals surface area contributed by atoms with Crippen LogP contribution < -0.4 is 5.73 Å². The first kappa shape index (κ1) is 9.45. The van der Waals surface area contributed by atoms with E-state index in [1.54, 1.807) is 0 Å². The first-order valence-corrected chi connectivity index (χ1v) is 5.04. The number of hydrogen-bond acceptors (Lipinski definition) is 5. The van der Waals surface area contributed by atoms with Crippen LogP contribution in [0, 0.1) is 5.92 Å². The van der Waals surface area contributed by atoms with E-state index >= 15 is 0 Å². The average Bonchev–Trinajstić information content (AvgIpc) is 2.84. The van der Waals surface area contributed by atoms with Gasteiger partial charge in [0.2, 0.25) is 5.91 Å². The number of nitrogens with two attached hydrogens (primary N) is 1. The smallest absolute Gasteiger partial charge is 0.242 e. The van der Waals surface area contributed by atoms with Crippen molar-refractivity contribution in [3.63, 3.8) is 0 Å². The van der Waals surface area contributed by atoms with Gasteiger partial charge in [-0.15, -0.1) is 5.10 Å². The number of carbonyl (C=O) groups is 1. The molecule has 2 rings (SSSR count). The van der Waals surface area contributed by atoms with E-state index < -0.39 is 6.04 Å². The van der Waals surface area contributed by atoms with Gasteiger partial charge in [-0.3, -0.25) is 4.79 Å². The van der Waals surface area contributed by atoms with E-state index in [9.17, 15) is 4.79 Å². The lowest BCUT2D eigenvalue weighted by atomic mass is 10.2. The highest BCUT2D eigenvalue weighted by molar-refractivity contribution is 7.79. The van der Waals surface area contributed by atoms with Gasteiger partial charge in [-0.1, -0.05) is 0 Å². The quantitative estimate of drug-likeness (QED) is 0.662. The number of rotatable bonds is 4. The number of nitrogens with zero attached hydrogens (tertiary/aromatic N) is 4. The molecule has 2 N–H and O–H groups in total. The molecule has 1 amide bonds. The molecule has 0 bridgehead atoms. The summed E-state index contributed by atoms with van der Waals surface area (Å²) in [6.45, 7) is 0. The van der Waals surface area contributed by atoms with Crippen molar-refractivity contribution in [2.45, 2.75) is 24.6 Å². The third kappa shape index (κ3) is 1.59. The molecular weight excluding hydrogens is 202 g/mol. The predicted octanol–water partition coefficient (Wildman–Crippen LogP) is -0.461. The highest BCUT2D eigenvalue weighted by Gasteiger charge is 2.38. The van der Waals surface area contributed by atoms with Gasteiger partial charge in [-0.2, -0.15) is 12.6 Å². The predicted molar refractivity (Wildman–Crippen MR) is 51.5 cm³/mol. The van der Waals surface area contributed by atoms with Crippen molar-refractivity contribution in [3.8, 4) is 0 Å². The Labute approximate surface area is 86.3 Å². The third-order valence-corrected chi connectivity index (χ3v) is 2.61. The van der Waals surface area contributed by atoms with Gasteiger partial charge in [0.25, 0.3) is 0 Å². The normalized spacial score (nSPS) is 18.1. The van der Waals surface area contributed by atoms with Crippen molar-refractivity contribution in [1.82, 2.24) is 20.2 Å². The van der Waals surface area contributed by atoms with Gasteiger partial charge in [0.05, 0.1) is 5.75 Å². The molecule has 76 valence electrons. The molecule has 1 aromatic heterocycles. The molecule has 0 aliphatic heterocycles. The Bertz CT molecular complexity index is 348. The van der Waals surface area contributed by atoms with E-state index in [2.05, 4.69) is 28.2 Å². The molecule has 0 aromatic carbocycles. The van der Waals surface area contributed by atoms with Crippen LogP contribution in [0.1, 0.15) is 24.7 Å². The maximum atomic E-state index is 11.2. The molecule has 0 radical (unpaired) electrons. The van der Waals surface area contributed by atoms with E-state index in [1.807, 2.05) is 0 Å². The van der Waals surface area contributed by atoms with Crippen LogP contribution in [-0.2, 0) is 10.5 Å². The van der Waals surface area contributed by atoms with E-state index in [1.165, 1.54) is 4.68 Å². The van der Waals surface area contributed by atoms with Crippen LogP contribution in [0.4, 0.5) is 0 Å². The largest absolute Gasteiger partial charge is 0.368 e. The fraction of sp³-hybridized carbons (Fsp3) is 0.714. The summed E-state index contributed by atoms with van der Waals surface area (Å²) < 4.78 is 1.49. The Balaban J connectivity index is 2.29. The van der Waals surface area contributed by atoms with Crippen molar-refractivity contribution < 1.29 is 4.79 Å². The van der Waals surface area contributed by atoms with E-state index in [4.69, 9.17) is 5.73 Å². The number of carbonyl (C=O) groups excluding carboxylic acids is 1. The first-order chi connectivity index (χ1) is 6.74. The molecule has 6 nitrogen and oxygen atoms in total. The maximum absolute atomic E-state index is 11.2. The maximum Gasteiger partial charge on any atom is 0.242 e. The van der Waals surface area contributed by atoms with Crippen molar-refractivity contribution in [2.24, 2.45) is 11.7 Å². The number of hydrogen-bond donors (Lipinski definition) is 2. The highest BCUT2D eigenvalue weighted by atomic mass is 32.1. The lowest BCUT2D eigenvalue weighted by molar-refractivity contribution is -0.122. The summed E-state index contributed by atoms with van der Waals surface area (Å²) >= 11 is 4.08. The van der Waals surface area contributed by atoms with Crippen LogP contribution in [0.2, 0.25) is 0 Å². The summed E-state index contributed by atoms with van der Waals surface area (Å²) in [5.74, 6) is 0.922. The second-order valence-electron chi connectivity index (χ2n) is 3.38. The van der Waals surface area contributed by atoms with Crippen LogP contribution in [-0.4, -0.2) is 26.1 Å². The summed E-state index contributed by atoms with van der Waals surface area (Å²) in [4.78, 5) is 11.2. The number of aromatic nitrogens is 4.